The van der Waals surface area contributed by atoms with Crippen LogP contribution < -0.4 is 5.73 Å². The number of hydrogen-bond donors (Lipinski definition) is 1. The third kappa shape index (κ3) is 1.85. The van der Waals surface area contributed by atoms with Crippen LogP contribution in [0, 0.1) is 0 Å². The van der Waals surface area contributed by atoms with E-state index in [1.165, 1.54) is 11.8 Å². The van der Waals surface area contributed by atoms with Crippen LogP contribution in [0.2, 0.25) is 0 Å². The molecule has 17 heavy (non-hydrogen) atoms. The van der Waals surface area contributed by atoms with E-state index < -0.39 is 0 Å². The monoisotopic (exact) mass is 243 g/mol. The number of pyridine rings is 1. The number of aromatic nitrogens is 2. The highest BCUT2D eigenvalue weighted by Gasteiger charge is 2.07. The van der Waals surface area contributed by atoms with Crippen LogP contribution in [0.4, 0.5) is 5.69 Å². The molecule has 0 saturated heterocycles. The quantitative estimate of drug-likeness (QED) is 0.701. The Labute approximate surface area is 102 Å². The predicted octanol–water partition coefficient (Wildman–Crippen LogP) is 2.96. The molecule has 2 N–H and O–H groups in total. The van der Waals surface area contributed by atoms with Gasteiger partial charge in [-0.15, -0.1) is 0 Å². The van der Waals surface area contributed by atoms with Gasteiger partial charge in [-0.05, 0) is 30.0 Å². The summed E-state index contributed by atoms with van der Waals surface area (Å²) in [6.07, 6.45) is 6.71. The minimum Gasteiger partial charge on any atom is -0.440 e. The Morgan fingerprint density at radius 1 is 1.12 bits per heavy atom. The van der Waals surface area contributed by atoms with Crippen LogP contribution in [0.5, 0.6) is 0 Å². The lowest BCUT2D eigenvalue weighted by Crippen LogP contribution is -1.89. The Morgan fingerprint density at radius 2 is 2.06 bits per heavy atom. The van der Waals surface area contributed by atoms with Gasteiger partial charge in [-0.1, -0.05) is 0 Å². The van der Waals surface area contributed by atoms with Crippen LogP contribution in [-0.2, 0) is 0 Å². The van der Waals surface area contributed by atoms with E-state index >= 15 is 0 Å². The van der Waals surface area contributed by atoms with Crippen molar-refractivity contribution in [2.45, 2.75) is 10.1 Å². The fourth-order valence-corrected chi connectivity index (χ4v) is 2.46. The smallest absolute Gasteiger partial charge is 0.260 e. The van der Waals surface area contributed by atoms with Gasteiger partial charge in [0.25, 0.3) is 5.22 Å². The number of anilines is 1. The van der Waals surface area contributed by atoms with E-state index in [0.29, 0.717) is 5.22 Å². The molecule has 0 aliphatic rings. The first-order valence-electron chi connectivity index (χ1n) is 5.04. The number of rotatable bonds is 2. The molecule has 84 valence electrons. The Balaban J connectivity index is 2.14. The lowest BCUT2D eigenvalue weighted by Gasteiger charge is -2.05. The molecule has 1 aromatic carbocycles. The summed E-state index contributed by atoms with van der Waals surface area (Å²) in [6.45, 7) is 0. The highest BCUT2D eigenvalue weighted by molar-refractivity contribution is 7.99. The maximum absolute atomic E-state index is 5.91. The fraction of sp³-hybridized carbons (Fsp3) is 0. The van der Waals surface area contributed by atoms with Crippen molar-refractivity contribution < 1.29 is 4.42 Å². The highest BCUT2D eigenvalue weighted by Crippen LogP contribution is 2.34. The molecule has 2 aromatic heterocycles. The Bertz CT molecular complexity index is 652. The first kappa shape index (κ1) is 10.2. The maximum Gasteiger partial charge on any atom is 0.260 e. The summed E-state index contributed by atoms with van der Waals surface area (Å²) in [5.74, 6) is 0. The third-order valence-corrected chi connectivity index (χ3v) is 3.37. The zero-order valence-electron chi connectivity index (χ0n) is 8.83. The Hall–Kier alpha value is -2.01. The molecule has 0 radical (unpaired) electrons. The van der Waals surface area contributed by atoms with Gasteiger partial charge in [-0.25, -0.2) is 4.98 Å². The van der Waals surface area contributed by atoms with Gasteiger partial charge < -0.3 is 10.2 Å². The largest absolute Gasteiger partial charge is 0.440 e. The fourth-order valence-electron chi connectivity index (χ4n) is 1.63. The summed E-state index contributed by atoms with van der Waals surface area (Å²) >= 11 is 1.47. The van der Waals surface area contributed by atoms with Crippen LogP contribution in [0.3, 0.4) is 0 Å². The standard InChI is InChI=1S/C12H9N3OS/c13-10-1-2-11(17-12-15-5-6-16-12)8-3-4-14-7-9(8)10/h1-7H,13H2. The Kier molecular flexibility index (Phi) is 2.45. The Morgan fingerprint density at radius 3 is 2.88 bits per heavy atom. The molecule has 2 heterocycles. The number of oxazole rings is 1. The number of hydrogen-bond acceptors (Lipinski definition) is 5. The van der Waals surface area contributed by atoms with Crippen molar-refractivity contribution in [2.24, 2.45) is 0 Å². The molecule has 3 rings (SSSR count). The first-order chi connectivity index (χ1) is 8.34. The summed E-state index contributed by atoms with van der Waals surface area (Å²) in [5, 5.41) is 2.63. The maximum atomic E-state index is 5.91. The summed E-state index contributed by atoms with van der Waals surface area (Å²) in [7, 11) is 0. The van der Waals surface area contributed by atoms with E-state index in [4.69, 9.17) is 10.2 Å². The molecular weight excluding hydrogens is 234 g/mol. The van der Waals surface area contributed by atoms with Crippen molar-refractivity contribution >= 4 is 28.2 Å². The molecule has 5 heteroatoms. The van der Waals surface area contributed by atoms with E-state index in [-0.39, 0.29) is 0 Å². The van der Waals surface area contributed by atoms with E-state index in [9.17, 15) is 0 Å². The van der Waals surface area contributed by atoms with Gasteiger partial charge in [0.15, 0.2) is 0 Å². The summed E-state index contributed by atoms with van der Waals surface area (Å²) < 4.78 is 5.22. The number of nitrogens with zero attached hydrogens (tertiary/aromatic N) is 2. The van der Waals surface area contributed by atoms with Crippen LogP contribution in [0.25, 0.3) is 10.8 Å². The normalized spacial score (nSPS) is 10.8. The van der Waals surface area contributed by atoms with E-state index in [1.807, 2.05) is 18.2 Å². The van der Waals surface area contributed by atoms with E-state index in [0.717, 1.165) is 21.4 Å². The van der Waals surface area contributed by atoms with Crippen molar-refractivity contribution in [2.75, 3.05) is 5.73 Å². The average molecular weight is 243 g/mol. The van der Waals surface area contributed by atoms with Crippen LogP contribution >= 0.6 is 11.8 Å². The molecule has 0 saturated carbocycles. The molecule has 3 aromatic rings. The number of nitrogen functional groups attached to an aromatic ring is 1. The van der Waals surface area contributed by atoms with Crippen molar-refractivity contribution in [1.29, 1.82) is 0 Å². The van der Waals surface area contributed by atoms with Crippen molar-refractivity contribution in [3.05, 3.63) is 43.1 Å². The molecule has 0 atom stereocenters. The molecule has 0 bridgehead atoms. The zero-order chi connectivity index (χ0) is 11.7. The van der Waals surface area contributed by atoms with Crippen LogP contribution in [0.1, 0.15) is 0 Å². The van der Waals surface area contributed by atoms with Gasteiger partial charge in [0.1, 0.15) is 6.26 Å². The minimum atomic E-state index is 0.618. The number of benzene rings is 1. The highest BCUT2D eigenvalue weighted by atomic mass is 32.2. The minimum absolute atomic E-state index is 0.618. The van der Waals surface area contributed by atoms with Gasteiger partial charge in [-0.3, -0.25) is 4.98 Å². The van der Waals surface area contributed by atoms with Gasteiger partial charge in [-0.2, -0.15) is 0 Å². The zero-order valence-corrected chi connectivity index (χ0v) is 9.65. The molecule has 4 nitrogen and oxygen atoms in total. The van der Waals surface area contributed by atoms with Gasteiger partial charge in [0.05, 0.1) is 6.20 Å². The van der Waals surface area contributed by atoms with Crippen LogP contribution in [0.15, 0.2) is 57.6 Å². The molecule has 0 spiro atoms. The molecule has 0 unspecified atom stereocenters. The van der Waals surface area contributed by atoms with Gasteiger partial charge in [0.2, 0.25) is 0 Å². The third-order valence-electron chi connectivity index (χ3n) is 2.42. The van der Waals surface area contributed by atoms with E-state index in [2.05, 4.69) is 9.97 Å². The van der Waals surface area contributed by atoms with Crippen LogP contribution in [-0.4, -0.2) is 9.97 Å². The van der Waals surface area contributed by atoms with Gasteiger partial charge in [0, 0.05) is 33.7 Å². The summed E-state index contributed by atoms with van der Waals surface area (Å²) in [4.78, 5) is 9.23. The molecule has 0 fully saturated rings. The molecule has 0 aliphatic heterocycles. The van der Waals surface area contributed by atoms with Crippen molar-refractivity contribution in [1.82, 2.24) is 9.97 Å². The van der Waals surface area contributed by atoms with E-state index in [1.54, 1.807) is 24.9 Å². The van der Waals surface area contributed by atoms with Crippen molar-refractivity contribution in [3.63, 3.8) is 0 Å². The predicted molar refractivity (Wildman–Crippen MR) is 66.8 cm³/mol. The second-order valence-corrected chi connectivity index (χ2v) is 4.47. The summed E-state index contributed by atoms with van der Waals surface area (Å²) in [5.41, 5.74) is 6.64. The molecular formula is C12H9N3OS. The number of nitrogens with two attached hydrogens (primary N) is 1. The first-order valence-corrected chi connectivity index (χ1v) is 5.86. The lowest BCUT2D eigenvalue weighted by atomic mass is 10.1. The average Bonchev–Trinajstić information content (AvgIpc) is 2.86. The SMILES string of the molecule is Nc1ccc(Sc2ncco2)c2ccncc12. The topological polar surface area (TPSA) is 64.9 Å². The molecule has 0 aliphatic carbocycles. The van der Waals surface area contributed by atoms with Crippen molar-refractivity contribution in [3.8, 4) is 0 Å². The lowest BCUT2D eigenvalue weighted by molar-refractivity contribution is 0.454. The second kappa shape index (κ2) is 4.10. The molecule has 0 amide bonds. The second-order valence-electron chi connectivity index (χ2n) is 3.47. The number of fused-ring (bicyclic) bond motifs is 1. The summed E-state index contributed by atoms with van der Waals surface area (Å²) in [6, 6.07) is 5.78. The van der Waals surface area contributed by atoms with Gasteiger partial charge >= 0.3 is 0 Å².